The SMILES string of the molecule is N#Cc1ccc(CSc2nnc(-c3ccccn3)n2N)cc1. The molecule has 2 N–H and O–H groups in total. The van der Waals surface area contributed by atoms with Crippen molar-refractivity contribution in [1.29, 1.82) is 5.26 Å². The molecule has 1 aromatic carbocycles. The summed E-state index contributed by atoms with van der Waals surface area (Å²) in [5.74, 6) is 7.26. The lowest BCUT2D eigenvalue weighted by Gasteiger charge is -2.03. The van der Waals surface area contributed by atoms with Crippen molar-refractivity contribution in [3.05, 3.63) is 59.8 Å². The number of nitriles is 1. The van der Waals surface area contributed by atoms with Crippen molar-refractivity contribution in [1.82, 2.24) is 19.9 Å². The molecule has 0 fully saturated rings. The van der Waals surface area contributed by atoms with E-state index in [9.17, 15) is 0 Å². The molecule has 0 atom stereocenters. The Kier molecular flexibility index (Phi) is 4.03. The van der Waals surface area contributed by atoms with Crippen LogP contribution in [-0.4, -0.2) is 19.9 Å². The fraction of sp³-hybridized carbons (Fsp3) is 0.0667. The molecule has 0 unspecified atom stereocenters. The molecule has 0 aliphatic rings. The van der Waals surface area contributed by atoms with Gasteiger partial charge in [-0.05, 0) is 29.8 Å². The van der Waals surface area contributed by atoms with E-state index in [0.717, 1.165) is 5.56 Å². The van der Waals surface area contributed by atoms with Gasteiger partial charge in [0.1, 0.15) is 5.69 Å². The number of nitrogen functional groups attached to an aromatic ring is 1. The maximum atomic E-state index is 8.78. The maximum absolute atomic E-state index is 8.78. The third-order valence-electron chi connectivity index (χ3n) is 3.01. The molecule has 0 radical (unpaired) electrons. The Morgan fingerprint density at radius 1 is 1.14 bits per heavy atom. The van der Waals surface area contributed by atoms with Crippen molar-refractivity contribution in [2.24, 2.45) is 0 Å². The van der Waals surface area contributed by atoms with E-state index in [-0.39, 0.29) is 0 Å². The van der Waals surface area contributed by atoms with Crippen LogP contribution in [0.1, 0.15) is 11.1 Å². The number of nitrogens with two attached hydrogens (primary N) is 1. The van der Waals surface area contributed by atoms with Crippen LogP contribution in [0.2, 0.25) is 0 Å². The van der Waals surface area contributed by atoms with E-state index in [1.54, 1.807) is 18.3 Å². The van der Waals surface area contributed by atoms with E-state index >= 15 is 0 Å². The molecular weight excluding hydrogens is 296 g/mol. The van der Waals surface area contributed by atoms with E-state index in [2.05, 4.69) is 21.3 Å². The fourth-order valence-corrected chi connectivity index (χ4v) is 2.68. The Morgan fingerprint density at radius 2 is 1.95 bits per heavy atom. The molecule has 2 aromatic heterocycles. The molecule has 3 rings (SSSR count). The van der Waals surface area contributed by atoms with Crippen molar-refractivity contribution < 1.29 is 0 Å². The summed E-state index contributed by atoms with van der Waals surface area (Å²) in [5.41, 5.74) is 2.42. The van der Waals surface area contributed by atoms with Crippen molar-refractivity contribution in [2.75, 3.05) is 5.84 Å². The van der Waals surface area contributed by atoms with E-state index in [4.69, 9.17) is 11.1 Å². The minimum absolute atomic E-state index is 0.530. The standard InChI is InChI=1S/C15H12N6S/c16-9-11-4-6-12(7-5-11)10-22-15-20-19-14(21(15)17)13-3-1-2-8-18-13/h1-8H,10,17H2. The molecule has 0 amide bonds. The van der Waals surface area contributed by atoms with Gasteiger partial charge in [-0.3, -0.25) is 4.98 Å². The zero-order valence-corrected chi connectivity index (χ0v) is 12.4. The van der Waals surface area contributed by atoms with Gasteiger partial charge in [-0.1, -0.05) is 30.0 Å². The first-order valence-electron chi connectivity index (χ1n) is 6.51. The van der Waals surface area contributed by atoms with E-state index in [0.29, 0.717) is 28.0 Å². The van der Waals surface area contributed by atoms with E-state index in [1.165, 1.54) is 16.4 Å². The van der Waals surface area contributed by atoms with Crippen LogP contribution in [0.15, 0.2) is 53.8 Å². The van der Waals surface area contributed by atoms with Gasteiger partial charge in [0.15, 0.2) is 0 Å². The fourth-order valence-electron chi connectivity index (χ4n) is 1.87. The van der Waals surface area contributed by atoms with Crippen molar-refractivity contribution >= 4 is 11.8 Å². The predicted octanol–water partition coefficient (Wildman–Crippen LogP) is 2.22. The van der Waals surface area contributed by atoms with Gasteiger partial charge in [-0.2, -0.15) is 5.26 Å². The zero-order chi connectivity index (χ0) is 15.4. The second-order valence-electron chi connectivity index (χ2n) is 4.49. The molecule has 7 heteroatoms. The highest BCUT2D eigenvalue weighted by Crippen LogP contribution is 2.23. The van der Waals surface area contributed by atoms with Crippen molar-refractivity contribution in [3.63, 3.8) is 0 Å². The molecule has 0 spiro atoms. The maximum Gasteiger partial charge on any atom is 0.210 e. The molecule has 6 nitrogen and oxygen atoms in total. The van der Waals surface area contributed by atoms with Crippen LogP contribution in [0, 0.1) is 11.3 Å². The van der Waals surface area contributed by atoms with Crippen molar-refractivity contribution in [3.8, 4) is 17.6 Å². The minimum atomic E-state index is 0.530. The van der Waals surface area contributed by atoms with Crippen LogP contribution in [0.5, 0.6) is 0 Å². The Balaban J connectivity index is 1.74. The van der Waals surface area contributed by atoms with Crippen LogP contribution < -0.4 is 5.84 Å². The molecule has 0 aliphatic carbocycles. The first-order chi connectivity index (χ1) is 10.8. The zero-order valence-electron chi connectivity index (χ0n) is 11.5. The monoisotopic (exact) mass is 308 g/mol. The summed E-state index contributed by atoms with van der Waals surface area (Å²) in [6, 6.07) is 15.1. The Labute approximate surface area is 131 Å². The van der Waals surface area contributed by atoms with Gasteiger partial charge in [0.25, 0.3) is 0 Å². The lowest BCUT2D eigenvalue weighted by Crippen LogP contribution is -2.12. The van der Waals surface area contributed by atoms with Crippen LogP contribution >= 0.6 is 11.8 Å². The number of benzene rings is 1. The molecule has 0 aliphatic heterocycles. The van der Waals surface area contributed by atoms with Gasteiger partial charge in [0, 0.05) is 11.9 Å². The summed E-state index contributed by atoms with van der Waals surface area (Å²) in [7, 11) is 0. The van der Waals surface area contributed by atoms with Gasteiger partial charge in [-0.15, -0.1) is 10.2 Å². The highest BCUT2D eigenvalue weighted by Gasteiger charge is 2.12. The minimum Gasteiger partial charge on any atom is -0.335 e. The highest BCUT2D eigenvalue weighted by atomic mass is 32.2. The van der Waals surface area contributed by atoms with Crippen LogP contribution in [-0.2, 0) is 5.75 Å². The number of hydrogen-bond donors (Lipinski definition) is 1. The van der Waals surface area contributed by atoms with Crippen LogP contribution in [0.3, 0.4) is 0 Å². The van der Waals surface area contributed by atoms with Crippen LogP contribution in [0.4, 0.5) is 0 Å². The number of hydrogen-bond acceptors (Lipinski definition) is 6. The molecule has 0 saturated carbocycles. The van der Waals surface area contributed by atoms with Gasteiger partial charge in [-0.25, -0.2) is 4.68 Å². The molecule has 0 bridgehead atoms. The molecular formula is C15H12N6S. The predicted molar refractivity (Wildman–Crippen MR) is 84.1 cm³/mol. The summed E-state index contributed by atoms with van der Waals surface area (Å²) in [5, 5.41) is 17.6. The second kappa shape index (κ2) is 6.28. The second-order valence-corrected chi connectivity index (χ2v) is 5.43. The normalized spacial score (nSPS) is 10.3. The lowest BCUT2D eigenvalue weighted by molar-refractivity contribution is 0.848. The molecule has 22 heavy (non-hydrogen) atoms. The van der Waals surface area contributed by atoms with Gasteiger partial charge in [0.05, 0.1) is 11.6 Å². The number of rotatable bonds is 4. The average Bonchev–Trinajstić information content (AvgIpc) is 2.95. The Morgan fingerprint density at radius 3 is 2.64 bits per heavy atom. The largest absolute Gasteiger partial charge is 0.335 e. The molecule has 2 heterocycles. The quantitative estimate of drug-likeness (QED) is 0.586. The number of nitrogens with zero attached hydrogens (tertiary/aromatic N) is 5. The molecule has 108 valence electrons. The number of thioether (sulfide) groups is 1. The first-order valence-corrected chi connectivity index (χ1v) is 7.50. The van der Waals surface area contributed by atoms with Crippen molar-refractivity contribution in [2.45, 2.75) is 10.9 Å². The van der Waals surface area contributed by atoms with E-state index < -0.39 is 0 Å². The third-order valence-corrected chi connectivity index (χ3v) is 4.02. The summed E-state index contributed by atoms with van der Waals surface area (Å²) in [6.07, 6.45) is 1.69. The van der Waals surface area contributed by atoms with Gasteiger partial charge < -0.3 is 5.84 Å². The summed E-state index contributed by atoms with van der Waals surface area (Å²) >= 11 is 1.48. The number of pyridine rings is 1. The smallest absolute Gasteiger partial charge is 0.210 e. The molecule has 0 saturated heterocycles. The highest BCUT2D eigenvalue weighted by molar-refractivity contribution is 7.98. The van der Waals surface area contributed by atoms with Crippen LogP contribution in [0.25, 0.3) is 11.5 Å². The Bertz CT molecular complexity index is 804. The lowest BCUT2D eigenvalue weighted by atomic mass is 10.2. The summed E-state index contributed by atoms with van der Waals surface area (Å²) in [4.78, 5) is 4.22. The first kappa shape index (κ1) is 14.1. The molecule has 3 aromatic rings. The number of aromatic nitrogens is 4. The average molecular weight is 308 g/mol. The summed E-state index contributed by atoms with van der Waals surface area (Å²) in [6.45, 7) is 0. The van der Waals surface area contributed by atoms with E-state index in [1.807, 2.05) is 30.3 Å². The third kappa shape index (κ3) is 2.92. The summed E-state index contributed by atoms with van der Waals surface area (Å²) < 4.78 is 1.44. The topological polar surface area (TPSA) is 93.4 Å². The van der Waals surface area contributed by atoms with Gasteiger partial charge >= 0.3 is 0 Å². The Hall–Kier alpha value is -2.85. The van der Waals surface area contributed by atoms with Gasteiger partial charge in [0.2, 0.25) is 11.0 Å².